The number of aliphatic carboxylic acids is 2. The minimum Gasteiger partial charge on any atom is -0.481 e. The van der Waals surface area contributed by atoms with E-state index in [0.717, 1.165) is 5.56 Å². The van der Waals surface area contributed by atoms with Gasteiger partial charge in [0.2, 0.25) is 5.91 Å². The average molecular weight is 343 g/mol. The molecule has 3 aliphatic rings. The van der Waals surface area contributed by atoms with Crippen LogP contribution in [-0.2, 0) is 19.1 Å². The maximum atomic E-state index is 13.1. The van der Waals surface area contributed by atoms with Crippen molar-refractivity contribution < 1.29 is 29.3 Å². The van der Waals surface area contributed by atoms with Crippen LogP contribution in [0.25, 0.3) is 0 Å². The van der Waals surface area contributed by atoms with E-state index in [1.54, 1.807) is 19.1 Å². The Balaban J connectivity index is 1.82. The molecule has 6 atom stereocenters. The van der Waals surface area contributed by atoms with Gasteiger partial charge in [-0.05, 0) is 12.5 Å². The van der Waals surface area contributed by atoms with E-state index < -0.39 is 53.5 Å². The summed E-state index contributed by atoms with van der Waals surface area (Å²) in [6.45, 7) is 1.74. The van der Waals surface area contributed by atoms with E-state index in [4.69, 9.17) is 4.74 Å². The number of carboxylic acids is 2. The van der Waals surface area contributed by atoms with Crippen LogP contribution in [0, 0.1) is 11.8 Å². The first-order chi connectivity index (χ1) is 11.9. The molecule has 3 heterocycles. The molecule has 1 spiro atoms. The third kappa shape index (κ3) is 1.93. The number of amides is 1. The molecule has 1 aromatic carbocycles. The molecule has 2 N–H and O–H groups in total. The van der Waals surface area contributed by atoms with Gasteiger partial charge in [-0.3, -0.25) is 9.59 Å². The maximum Gasteiger partial charge on any atom is 0.329 e. The van der Waals surface area contributed by atoms with Crippen molar-refractivity contribution in [3.05, 3.63) is 48.0 Å². The molecule has 2 bridgehead atoms. The maximum absolute atomic E-state index is 13.1. The van der Waals surface area contributed by atoms with E-state index >= 15 is 0 Å². The Morgan fingerprint density at radius 1 is 1.20 bits per heavy atom. The fourth-order valence-electron chi connectivity index (χ4n) is 4.48. The lowest BCUT2D eigenvalue weighted by Gasteiger charge is -2.33. The first-order valence-electron chi connectivity index (χ1n) is 8.08. The summed E-state index contributed by atoms with van der Waals surface area (Å²) in [7, 11) is 0. The van der Waals surface area contributed by atoms with Gasteiger partial charge in [-0.25, -0.2) is 4.79 Å². The van der Waals surface area contributed by atoms with E-state index in [1.165, 1.54) is 4.90 Å². The van der Waals surface area contributed by atoms with Crippen LogP contribution in [0.5, 0.6) is 0 Å². The minimum atomic E-state index is -1.42. The van der Waals surface area contributed by atoms with Crippen molar-refractivity contribution in [2.75, 3.05) is 0 Å². The second-order valence-corrected chi connectivity index (χ2v) is 6.71. The van der Waals surface area contributed by atoms with Gasteiger partial charge in [0.05, 0.1) is 18.1 Å². The fraction of sp³-hybridized carbons (Fsp3) is 0.389. The highest BCUT2D eigenvalue weighted by Gasteiger charge is 2.73. The highest BCUT2D eigenvalue weighted by Crippen LogP contribution is 2.56. The van der Waals surface area contributed by atoms with Gasteiger partial charge < -0.3 is 19.8 Å². The minimum absolute atomic E-state index is 0.483. The molecule has 1 amide bonds. The smallest absolute Gasteiger partial charge is 0.329 e. The lowest BCUT2D eigenvalue weighted by Crippen LogP contribution is -2.50. The molecule has 0 aromatic heterocycles. The number of nitrogens with zero attached hydrogens (tertiary/aromatic N) is 1. The number of rotatable bonds is 4. The molecule has 0 aliphatic carbocycles. The Kier molecular flexibility index (Phi) is 3.27. The first-order valence-corrected chi connectivity index (χ1v) is 8.08. The molecule has 2 saturated heterocycles. The summed E-state index contributed by atoms with van der Waals surface area (Å²) in [5, 5.41) is 19.4. The Morgan fingerprint density at radius 3 is 2.48 bits per heavy atom. The summed E-state index contributed by atoms with van der Waals surface area (Å²) in [5.74, 6) is -4.91. The number of benzene rings is 1. The average Bonchev–Trinajstić information content (AvgIpc) is 3.22. The van der Waals surface area contributed by atoms with Crippen LogP contribution in [0.2, 0.25) is 0 Å². The third-order valence-corrected chi connectivity index (χ3v) is 5.53. The molecule has 7 heteroatoms. The molecule has 3 aliphatic heterocycles. The summed E-state index contributed by atoms with van der Waals surface area (Å²) < 4.78 is 5.78. The Hall–Kier alpha value is -2.67. The number of carboxylic acid groups (broad SMARTS) is 2. The zero-order valence-corrected chi connectivity index (χ0v) is 13.4. The van der Waals surface area contributed by atoms with E-state index in [2.05, 4.69) is 0 Å². The van der Waals surface area contributed by atoms with Crippen LogP contribution in [0.3, 0.4) is 0 Å². The zero-order valence-electron chi connectivity index (χ0n) is 13.4. The number of hydrogen-bond acceptors (Lipinski definition) is 4. The molecule has 25 heavy (non-hydrogen) atoms. The lowest BCUT2D eigenvalue weighted by atomic mass is 9.75. The van der Waals surface area contributed by atoms with E-state index in [0.29, 0.717) is 0 Å². The van der Waals surface area contributed by atoms with Gasteiger partial charge >= 0.3 is 11.9 Å². The summed E-state index contributed by atoms with van der Waals surface area (Å²) in [6, 6.07) is 7.30. The van der Waals surface area contributed by atoms with Crippen molar-refractivity contribution in [3.63, 3.8) is 0 Å². The van der Waals surface area contributed by atoms with Crippen LogP contribution in [0.1, 0.15) is 18.5 Å². The van der Waals surface area contributed by atoms with Crippen LogP contribution < -0.4 is 0 Å². The molecule has 0 radical (unpaired) electrons. The van der Waals surface area contributed by atoms with Crippen LogP contribution in [-0.4, -0.2) is 50.7 Å². The van der Waals surface area contributed by atoms with Crippen molar-refractivity contribution >= 4 is 17.8 Å². The number of carbonyl (C=O) groups is 3. The Bertz CT molecular complexity index is 790. The zero-order chi connectivity index (χ0) is 17.9. The van der Waals surface area contributed by atoms with Crippen LogP contribution in [0.4, 0.5) is 0 Å². The predicted molar refractivity (Wildman–Crippen MR) is 84.5 cm³/mol. The van der Waals surface area contributed by atoms with Crippen molar-refractivity contribution in [1.29, 1.82) is 0 Å². The van der Waals surface area contributed by atoms with Gasteiger partial charge in [-0.1, -0.05) is 42.5 Å². The lowest BCUT2D eigenvalue weighted by molar-refractivity contribution is -0.155. The Labute approximate surface area is 143 Å². The van der Waals surface area contributed by atoms with Crippen LogP contribution >= 0.6 is 0 Å². The normalized spacial score (nSPS) is 36.5. The number of likely N-dealkylation sites (tertiary alicyclic amines) is 1. The molecule has 6 unspecified atom stereocenters. The molecule has 4 rings (SSSR count). The number of ether oxygens (including phenoxy) is 1. The number of fused-ring (bicyclic) bond motifs is 1. The van der Waals surface area contributed by atoms with E-state index in [9.17, 15) is 24.6 Å². The molecular formula is C18H17NO6. The fourth-order valence-corrected chi connectivity index (χ4v) is 4.48. The standard InChI is InChI=1S/C18H17NO6/c1-9(10-5-3-2-4-6-10)19-14(17(23)24)18-8-7-11(25-18)12(16(21)22)13(18)15(19)20/h2-9,11-14H,1H3,(H,21,22)(H,23,24). The highest BCUT2D eigenvalue weighted by molar-refractivity contribution is 5.97. The summed E-state index contributed by atoms with van der Waals surface area (Å²) in [4.78, 5) is 38.1. The topological polar surface area (TPSA) is 104 Å². The molecule has 7 nitrogen and oxygen atoms in total. The summed E-state index contributed by atoms with van der Waals surface area (Å²) in [5.41, 5.74) is -0.636. The third-order valence-electron chi connectivity index (χ3n) is 5.53. The highest BCUT2D eigenvalue weighted by atomic mass is 16.5. The SMILES string of the molecule is CC(c1ccccc1)N1C(=O)C2C(C(=O)O)C3C=CC2(O3)C1C(=O)O. The van der Waals surface area contributed by atoms with Gasteiger partial charge in [-0.15, -0.1) is 0 Å². The van der Waals surface area contributed by atoms with Gasteiger partial charge in [0.15, 0.2) is 6.04 Å². The van der Waals surface area contributed by atoms with Crippen molar-refractivity contribution in [1.82, 2.24) is 4.90 Å². The van der Waals surface area contributed by atoms with E-state index in [1.807, 2.05) is 30.3 Å². The predicted octanol–water partition coefficient (Wildman–Crippen LogP) is 1.07. The molecular weight excluding hydrogens is 326 g/mol. The van der Waals surface area contributed by atoms with Crippen LogP contribution in [0.15, 0.2) is 42.5 Å². The quantitative estimate of drug-likeness (QED) is 0.793. The largest absolute Gasteiger partial charge is 0.481 e. The molecule has 1 aromatic rings. The second kappa shape index (κ2) is 5.16. The monoisotopic (exact) mass is 343 g/mol. The second-order valence-electron chi connectivity index (χ2n) is 6.71. The Morgan fingerprint density at radius 2 is 1.88 bits per heavy atom. The van der Waals surface area contributed by atoms with Gasteiger partial charge in [0.1, 0.15) is 11.5 Å². The molecule has 2 fully saturated rings. The first kappa shape index (κ1) is 15.8. The van der Waals surface area contributed by atoms with E-state index in [-0.39, 0.29) is 0 Å². The number of hydrogen-bond donors (Lipinski definition) is 2. The summed E-state index contributed by atoms with van der Waals surface area (Å²) >= 11 is 0. The number of carbonyl (C=O) groups excluding carboxylic acids is 1. The van der Waals surface area contributed by atoms with Gasteiger partial charge in [0.25, 0.3) is 0 Å². The summed E-state index contributed by atoms with van der Waals surface area (Å²) in [6.07, 6.45) is 2.37. The van der Waals surface area contributed by atoms with Crippen molar-refractivity contribution in [2.24, 2.45) is 11.8 Å². The van der Waals surface area contributed by atoms with Crippen molar-refractivity contribution in [3.8, 4) is 0 Å². The van der Waals surface area contributed by atoms with Gasteiger partial charge in [-0.2, -0.15) is 0 Å². The van der Waals surface area contributed by atoms with Crippen molar-refractivity contribution in [2.45, 2.75) is 30.7 Å². The molecule has 130 valence electrons. The van der Waals surface area contributed by atoms with Gasteiger partial charge in [0, 0.05) is 0 Å². The molecule has 0 saturated carbocycles.